The summed E-state index contributed by atoms with van der Waals surface area (Å²) < 4.78 is 10.4. The molecule has 1 aromatic carbocycles. The van der Waals surface area contributed by atoms with Gasteiger partial charge in [0.15, 0.2) is 16.6 Å². The third kappa shape index (κ3) is 2.34. The lowest BCUT2D eigenvalue weighted by Gasteiger charge is -2.01. The van der Waals surface area contributed by atoms with Gasteiger partial charge in [-0.3, -0.25) is 5.43 Å². The van der Waals surface area contributed by atoms with Gasteiger partial charge in [-0.15, -0.1) is 0 Å². The maximum Gasteiger partial charge on any atom is 0.231 e. The van der Waals surface area contributed by atoms with Crippen molar-refractivity contribution >= 4 is 35.1 Å². The van der Waals surface area contributed by atoms with Crippen molar-refractivity contribution in [2.45, 2.75) is 0 Å². The van der Waals surface area contributed by atoms with Crippen molar-refractivity contribution in [1.29, 1.82) is 0 Å². The number of hydrogen-bond acceptors (Lipinski definition) is 4. The third-order valence-corrected chi connectivity index (χ3v) is 2.29. The van der Waals surface area contributed by atoms with Gasteiger partial charge < -0.3 is 15.2 Å². The summed E-state index contributed by atoms with van der Waals surface area (Å²) in [5.41, 5.74) is 8.34. The normalized spacial score (nSPS) is 13.1. The zero-order valence-electron chi connectivity index (χ0n) is 8.07. The third-order valence-electron chi connectivity index (χ3n) is 1.87. The smallest absolute Gasteiger partial charge is 0.231 e. The fourth-order valence-electron chi connectivity index (χ4n) is 1.20. The molecule has 3 N–H and O–H groups in total. The van der Waals surface area contributed by atoms with Crippen LogP contribution in [0, 0.1) is 0 Å². The van der Waals surface area contributed by atoms with Crippen molar-refractivity contribution in [1.82, 2.24) is 5.43 Å². The first-order valence-corrected chi connectivity index (χ1v) is 5.13. The van der Waals surface area contributed by atoms with Crippen LogP contribution in [0.15, 0.2) is 17.2 Å². The molecule has 5 nitrogen and oxygen atoms in total. The Morgan fingerprint density at radius 3 is 2.88 bits per heavy atom. The van der Waals surface area contributed by atoms with E-state index in [0.717, 1.165) is 0 Å². The van der Waals surface area contributed by atoms with Crippen molar-refractivity contribution in [3.63, 3.8) is 0 Å². The van der Waals surface area contributed by atoms with E-state index < -0.39 is 0 Å². The summed E-state index contributed by atoms with van der Waals surface area (Å²) in [4.78, 5) is 0. The van der Waals surface area contributed by atoms with Crippen LogP contribution in [0.5, 0.6) is 11.5 Å². The highest BCUT2D eigenvalue weighted by molar-refractivity contribution is 7.80. The highest BCUT2D eigenvalue weighted by Gasteiger charge is 2.15. The molecular weight excluding hydrogens is 250 g/mol. The highest BCUT2D eigenvalue weighted by atomic mass is 35.5. The van der Waals surface area contributed by atoms with Gasteiger partial charge in [0.05, 0.1) is 11.2 Å². The van der Waals surface area contributed by atoms with Gasteiger partial charge in [0.1, 0.15) is 0 Å². The molecule has 1 aliphatic heterocycles. The molecule has 1 aromatic rings. The van der Waals surface area contributed by atoms with Gasteiger partial charge in [0, 0.05) is 11.6 Å². The quantitative estimate of drug-likeness (QED) is 0.474. The second-order valence-corrected chi connectivity index (χ2v) is 3.81. The monoisotopic (exact) mass is 257 g/mol. The van der Waals surface area contributed by atoms with E-state index in [1.54, 1.807) is 12.1 Å². The zero-order chi connectivity index (χ0) is 11.5. The Morgan fingerprint density at radius 2 is 2.19 bits per heavy atom. The van der Waals surface area contributed by atoms with Crippen LogP contribution < -0.4 is 20.6 Å². The van der Waals surface area contributed by atoms with E-state index in [-0.39, 0.29) is 11.9 Å². The molecular formula is C9H8ClN3O2S. The first kappa shape index (κ1) is 11.0. The first-order valence-electron chi connectivity index (χ1n) is 4.34. The lowest BCUT2D eigenvalue weighted by Crippen LogP contribution is -2.24. The summed E-state index contributed by atoms with van der Waals surface area (Å²) in [6.07, 6.45) is 1.50. The number of benzene rings is 1. The number of nitrogens with one attached hydrogen (secondary N) is 1. The summed E-state index contributed by atoms with van der Waals surface area (Å²) in [5.74, 6) is 1.27. The Bertz CT molecular complexity index is 464. The molecule has 0 atom stereocenters. The molecule has 0 aliphatic carbocycles. The van der Waals surface area contributed by atoms with Gasteiger partial charge >= 0.3 is 0 Å². The molecule has 0 bridgehead atoms. The number of thiocarbonyl (C=S) groups is 1. The number of nitrogens with zero attached hydrogens (tertiary/aromatic N) is 1. The van der Waals surface area contributed by atoms with E-state index in [1.165, 1.54) is 6.21 Å². The predicted octanol–water partition coefficient (Wildman–Crippen LogP) is 1.24. The number of rotatable bonds is 2. The van der Waals surface area contributed by atoms with E-state index >= 15 is 0 Å². The Kier molecular flexibility index (Phi) is 3.12. The molecule has 0 spiro atoms. The number of fused-ring (bicyclic) bond motifs is 1. The summed E-state index contributed by atoms with van der Waals surface area (Å²) in [5, 5.41) is 4.41. The van der Waals surface area contributed by atoms with Crippen LogP contribution in [-0.2, 0) is 0 Å². The second kappa shape index (κ2) is 4.54. The zero-order valence-corrected chi connectivity index (χ0v) is 9.64. The number of halogens is 1. The standard InChI is InChI=1S/C9H8ClN3O2S/c10-6-2-8-7(14-4-15-8)1-5(6)3-12-13-9(11)16/h1-3H,4H2,(H3,11,13,16)/b12-3-. The minimum atomic E-state index is 0.0908. The van der Waals surface area contributed by atoms with E-state index in [4.69, 9.17) is 26.8 Å². The molecule has 2 rings (SSSR count). The van der Waals surface area contributed by atoms with E-state index in [2.05, 4.69) is 22.7 Å². The van der Waals surface area contributed by atoms with Crippen molar-refractivity contribution in [2.24, 2.45) is 10.8 Å². The van der Waals surface area contributed by atoms with E-state index in [9.17, 15) is 0 Å². The molecule has 1 heterocycles. The molecule has 0 fully saturated rings. The molecule has 0 aromatic heterocycles. The average Bonchev–Trinajstić information content (AvgIpc) is 2.64. The van der Waals surface area contributed by atoms with Gasteiger partial charge in [-0.1, -0.05) is 11.6 Å². The van der Waals surface area contributed by atoms with Crippen LogP contribution in [0.1, 0.15) is 5.56 Å². The molecule has 0 amide bonds. The lowest BCUT2D eigenvalue weighted by molar-refractivity contribution is 0.174. The summed E-state index contributed by atoms with van der Waals surface area (Å²) in [6, 6.07) is 3.40. The van der Waals surface area contributed by atoms with Gasteiger partial charge in [0.2, 0.25) is 6.79 Å². The molecule has 84 valence electrons. The van der Waals surface area contributed by atoms with Crippen LogP contribution >= 0.6 is 23.8 Å². The topological polar surface area (TPSA) is 68.9 Å². The molecule has 0 saturated heterocycles. The fourth-order valence-corrected chi connectivity index (χ4v) is 1.45. The first-order chi connectivity index (χ1) is 7.66. The van der Waals surface area contributed by atoms with Crippen molar-refractivity contribution in [3.05, 3.63) is 22.7 Å². The molecule has 0 unspecified atom stereocenters. The average molecular weight is 258 g/mol. The van der Waals surface area contributed by atoms with E-state index in [0.29, 0.717) is 22.1 Å². The molecule has 7 heteroatoms. The SMILES string of the molecule is NC(=S)N/N=C\c1cc2c(cc1Cl)OCO2. The molecule has 0 radical (unpaired) electrons. The molecule has 0 saturated carbocycles. The fraction of sp³-hybridized carbons (Fsp3) is 0.111. The number of hydrazone groups is 1. The van der Waals surface area contributed by atoms with Gasteiger partial charge in [0.25, 0.3) is 0 Å². The number of ether oxygens (including phenoxy) is 2. The Morgan fingerprint density at radius 1 is 1.50 bits per heavy atom. The van der Waals surface area contributed by atoms with Gasteiger partial charge in [-0.2, -0.15) is 5.10 Å². The van der Waals surface area contributed by atoms with Crippen LogP contribution in [-0.4, -0.2) is 18.1 Å². The minimum absolute atomic E-state index is 0.0908. The number of hydrogen-bond donors (Lipinski definition) is 2. The van der Waals surface area contributed by atoms with Crippen LogP contribution in [0.4, 0.5) is 0 Å². The van der Waals surface area contributed by atoms with E-state index in [1.807, 2.05) is 0 Å². The van der Waals surface area contributed by atoms with Crippen molar-refractivity contribution in [3.8, 4) is 11.5 Å². The molecule has 1 aliphatic rings. The molecule has 16 heavy (non-hydrogen) atoms. The van der Waals surface area contributed by atoms with Crippen molar-refractivity contribution in [2.75, 3.05) is 6.79 Å². The van der Waals surface area contributed by atoms with Crippen molar-refractivity contribution < 1.29 is 9.47 Å². The van der Waals surface area contributed by atoms with Gasteiger partial charge in [-0.05, 0) is 18.3 Å². The maximum absolute atomic E-state index is 6.00. The highest BCUT2D eigenvalue weighted by Crippen LogP contribution is 2.36. The van der Waals surface area contributed by atoms with Crippen LogP contribution in [0.25, 0.3) is 0 Å². The number of nitrogens with two attached hydrogens (primary N) is 1. The minimum Gasteiger partial charge on any atom is -0.454 e. The van der Waals surface area contributed by atoms with Crippen LogP contribution in [0.3, 0.4) is 0 Å². The summed E-state index contributed by atoms with van der Waals surface area (Å²) in [7, 11) is 0. The second-order valence-electron chi connectivity index (χ2n) is 2.96. The van der Waals surface area contributed by atoms with Gasteiger partial charge in [-0.25, -0.2) is 0 Å². The largest absolute Gasteiger partial charge is 0.454 e. The Balaban J connectivity index is 2.21. The summed E-state index contributed by atoms with van der Waals surface area (Å²) >= 11 is 10.6. The van der Waals surface area contributed by atoms with Crippen LogP contribution in [0.2, 0.25) is 5.02 Å². The Hall–Kier alpha value is -1.53. The maximum atomic E-state index is 6.00. The predicted molar refractivity (Wildman–Crippen MR) is 65.1 cm³/mol. The lowest BCUT2D eigenvalue weighted by atomic mass is 10.2. The Labute approximate surface area is 102 Å². The summed E-state index contributed by atoms with van der Waals surface area (Å²) in [6.45, 7) is 0.206.